The van der Waals surface area contributed by atoms with Gasteiger partial charge in [0.15, 0.2) is 0 Å². The number of carbonyl (C=O) groups excluding carboxylic acids is 1. The first-order valence-electron chi connectivity index (χ1n) is 11.9. The van der Waals surface area contributed by atoms with Crippen molar-refractivity contribution in [1.29, 1.82) is 0 Å². The predicted octanol–water partition coefficient (Wildman–Crippen LogP) is 2.06. The molecule has 0 bridgehead atoms. The molecule has 0 heterocycles. The monoisotopic (exact) mass is 221 g/mol. The number of hydrogen-bond donors (Lipinski definition) is 1. The molecule has 0 aromatic heterocycles. The Balaban J connectivity index is 8.35. The molecule has 0 aromatic carbocycles. The predicted molar refractivity (Wildman–Crippen MR) is 59.6 cm³/mol. The number of primary amides is 1. The Labute approximate surface area is 103 Å². The van der Waals surface area contributed by atoms with Crippen LogP contribution < -0.4 is 5.73 Å². The summed E-state index contributed by atoms with van der Waals surface area (Å²) in [5.74, 6) is -2.19. The average molecular weight is 222 g/mol. The van der Waals surface area contributed by atoms with Gasteiger partial charge in [-0.2, -0.15) is 0 Å². The highest BCUT2D eigenvalue weighted by Crippen LogP contribution is 2.31. The second-order valence-corrected chi connectivity index (χ2v) is 7.42. The van der Waals surface area contributed by atoms with Crippen molar-refractivity contribution in [2.24, 2.45) is 5.73 Å². The van der Waals surface area contributed by atoms with Crippen molar-refractivity contribution in [3.63, 3.8) is 0 Å². The van der Waals surface area contributed by atoms with Crippen LogP contribution in [0.1, 0.15) is 24.7 Å². The number of carbonyl (C=O) groups is 1. The van der Waals surface area contributed by atoms with Crippen LogP contribution in [-0.4, -0.2) is 22.1 Å². The van der Waals surface area contributed by atoms with Crippen LogP contribution in [0.3, 0.4) is 0 Å². The number of amides is 1. The van der Waals surface area contributed by atoms with Gasteiger partial charge in [0.05, 0.1) is 16.1 Å². The fourth-order valence-electron chi connectivity index (χ4n) is 0.752. The lowest BCUT2D eigenvalue weighted by Crippen LogP contribution is -2.50. The Kier molecular flexibility index (Phi) is 0.471. The lowest BCUT2D eigenvalue weighted by Gasteiger charge is -2.35. The third kappa shape index (κ3) is 3.10. The fraction of sp³-hybridized carbons (Fsp3) is 0.875. The third-order valence-corrected chi connectivity index (χ3v) is 6.05. The number of nitrogens with two attached hydrogens (primary N) is 1. The molecule has 2 N–H and O–H groups in total. The molecule has 0 aliphatic heterocycles. The van der Waals surface area contributed by atoms with Crippen molar-refractivity contribution in [1.82, 2.24) is 0 Å². The van der Waals surface area contributed by atoms with E-state index in [2.05, 4.69) is 0 Å². The zero-order chi connectivity index (χ0) is 25.2. The van der Waals surface area contributed by atoms with Crippen molar-refractivity contribution < 1.29 is 29.5 Å². The van der Waals surface area contributed by atoms with Crippen molar-refractivity contribution in [2.45, 2.75) is 44.0 Å². The minimum absolute atomic E-state index is 2.19. The van der Waals surface area contributed by atoms with E-state index in [1.165, 1.54) is 0 Å². The van der Waals surface area contributed by atoms with E-state index in [0.29, 0.717) is 0 Å². The first-order chi connectivity index (χ1) is 12.6. The molecule has 0 fully saturated rings. The summed E-state index contributed by atoms with van der Waals surface area (Å²) in [6.07, 6.45) is 0. The second kappa shape index (κ2) is 3.34. The molecule has 0 atom stereocenters. The van der Waals surface area contributed by atoms with E-state index in [-0.39, 0.29) is 0 Å². The molecule has 0 saturated heterocycles. The van der Waals surface area contributed by atoms with E-state index in [1.54, 1.807) is 0 Å². The highest BCUT2D eigenvalue weighted by Gasteiger charge is 2.41. The van der Waals surface area contributed by atoms with Gasteiger partial charge in [0.2, 0.25) is 5.91 Å². The molecule has 0 aliphatic rings. The average Bonchev–Trinajstić information content (AvgIpc) is 2.26. The molecule has 0 rings (SSSR count). The van der Waals surface area contributed by atoms with Gasteiger partial charge in [-0.15, -0.1) is 0 Å². The van der Waals surface area contributed by atoms with E-state index < -0.39 is 66.1 Å². The normalized spacial score (nSPS) is 42.1. The quantitative estimate of drug-likeness (QED) is 0.729. The van der Waals surface area contributed by atoms with Crippen molar-refractivity contribution in [3.05, 3.63) is 0 Å². The van der Waals surface area contributed by atoms with Crippen LogP contribution in [0.4, 0.5) is 0 Å². The van der Waals surface area contributed by atoms with Crippen LogP contribution in [0.25, 0.3) is 0 Å². The Morgan fingerprint density at radius 3 is 1.67 bits per heavy atom. The highest BCUT2D eigenvalue weighted by molar-refractivity contribution is 7.00. The summed E-state index contributed by atoms with van der Waals surface area (Å²) in [5, 5.41) is -3.43. The molecule has 2 nitrogen and oxygen atoms in total. The minimum Gasteiger partial charge on any atom is -0.370 e. The molecular formula is C8H21NOSi2. The van der Waals surface area contributed by atoms with E-state index in [0.717, 1.165) is 0 Å². The Hall–Kier alpha value is -0.0962. The van der Waals surface area contributed by atoms with Gasteiger partial charge >= 0.3 is 0 Å². The zero-order valence-corrected chi connectivity index (χ0v) is 8.06. The van der Waals surface area contributed by atoms with E-state index in [1.807, 2.05) is 0 Å². The van der Waals surface area contributed by atoms with E-state index in [9.17, 15) is 4.79 Å². The molecule has 0 aliphatic carbocycles. The summed E-state index contributed by atoms with van der Waals surface area (Å²) in [7, 11) is -13.1. The van der Waals surface area contributed by atoms with Crippen LogP contribution >= 0.6 is 0 Å². The maximum Gasteiger partial charge on any atom is 0.215 e. The molecule has 0 aromatic rings. The Bertz CT molecular complexity index is 524. The maximum absolute atomic E-state index is 12.5. The van der Waals surface area contributed by atoms with Gasteiger partial charge in [-0.05, 0) is 0 Å². The van der Waals surface area contributed by atoms with Gasteiger partial charge in [-0.25, -0.2) is 0 Å². The standard InChI is InChI=1S/C8H21NOSi2/c1-11(2,3)8(7(9)10)12(4,5)6/h8H,1-6H3,(H2,9,10)/i1D3,2D3,3D3,4D3,5D3,6D3. The topological polar surface area (TPSA) is 43.1 Å². The number of rotatable bonds is 3. The molecule has 0 radical (unpaired) electrons. The molecule has 0 unspecified atom stereocenters. The zero-order valence-electron chi connectivity index (χ0n) is 24.1. The van der Waals surface area contributed by atoms with Gasteiger partial charge < -0.3 is 5.73 Å². The molecule has 0 spiro atoms. The van der Waals surface area contributed by atoms with Gasteiger partial charge in [-0.3, -0.25) is 4.79 Å². The maximum atomic E-state index is 12.5. The summed E-state index contributed by atoms with van der Waals surface area (Å²) in [6.45, 7) is -24.6. The lowest BCUT2D eigenvalue weighted by atomic mass is 10.7. The summed E-state index contributed by atoms with van der Waals surface area (Å²) >= 11 is 0. The Morgan fingerprint density at radius 1 is 1.17 bits per heavy atom. The lowest BCUT2D eigenvalue weighted by molar-refractivity contribution is -0.116. The van der Waals surface area contributed by atoms with Crippen molar-refractivity contribution in [2.75, 3.05) is 0 Å². The van der Waals surface area contributed by atoms with Gasteiger partial charge in [0.1, 0.15) is 0 Å². The summed E-state index contributed by atoms with van der Waals surface area (Å²) in [6, 6.07) is 0. The molecular weight excluding hydrogens is 182 g/mol. The fourth-order valence-corrected chi connectivity index (χ4v) is 4.20. The minimum atomic E-state index is -6.55. The largest absolute Gasteiger partial charge is 0.370 e. The molecule has 4 heteroatoms. The van der Waals surface area contributed by atoms with Crippen molar-refractivity contribution >= 4 is 22.1 Å². The van der Waals surface area contributed by atoms with Crippen LogP contribution in [0.2, 0.25) is 44.0 Å². The Morgan fingerprint density at radius 2 is 1.50 bits per heavy atom. The van der Waals surface area contributed by atoms with E-state index in [4.69, 9.17) is 30.4 Å². The van der Waals surface area contributed by atoms with Crippen molar-refractivity contribution in [3.8, 4) is 0 Å². The summed E-state index contributed by atoms with van der Waals surface area (Å²) in [5.41, 5.74) is 5.12. The first-order valence-corrected chi connectivity index (χ1v) is 7.01. The highest BCUT2D eigenvalue weighted by atomic mass is 28.4. The number of hydrogen-bond acceptors (Lipinski definition) is 1. The SMILES string of the molecule is [2H]C([2H])([2H])[Si](C(C(N)=O)[Si](C([2H])([2H])[2H])(C([2H])([2H])[2H])C([2H])([2H])[2H])(C([2H])([2H])[2H])C([2H])([2H])[2H]. The summed E-state index contributed by atoms with van der Waals surface area (Å²) in [4.78, 5) is 12.5. The second-order valence-electron chi connectivity index (χ2n) is 2.45. The van der Waals surface area contributed by atoms with Crippen LogP contribution in [0, 0.1) is 0 Å². The van der Waals surface area contributed by atoms with Gasteiger partial charge in [-0.1, -0.05) is 38.9 Å². The van der Waals surface area contributed by atoms with Crippen LogP contribution in [0.5, 0.6) is 0 Å². The van der Waals surface area contributed by atoms with Crippen LogP contribution in [0.15, 0.2) is 0 Å². The molecule has 1 amide bonds. The molecule has 12 heavy (non-hydrogen) atoms. The van der Waals surface area contributed by atoms with Crippen LogP contribution in [-0.2, 0) is 4.79 Å². The molecule has 0 saturated carbocycles. The van der Waals surface area contributed by atoms with Gasteiger partial charge in [0, 0.05) is 29.8 Å². The van der Waals surface area contributed by atoms with Gasteiger partial charge in [0.25, 0.3) is 0 Å². The van der Waals surface area contributed by atoms with E-state index >= 15 is 0 Å². The third-order valence-electron chi connectivity index (χ3n) is 1.15. The smallest absolute Gasteiger partial charge is 0.215 e. The first kappa shape index (κ1) is 1.69. The summed E-state index contributed by atoms with van der Waals surface area (Å²) < 4.78 is 139. The molecule has 72 valence electrons.